The molecule has 0 bridgehead atoms. The Hall–Kier alpha value is -7.72. The van der Waals surface area contributed by atoms with Gasteiger partial charge in [0.05, 0.1) is 31.4 Å². The number of thiazole rings is 1. The van der Waals surface area contributed by atoms with Crippen LogP contribution in [0, 0.1) is 0 Å². The van der Waals surface area contributed by atoms with Crippen LogP contribution >= 0.6 is 46.3 Å². The number of benzene rings is 4. The molecule has 2 atom stereocenters. The van der Waals surface area contributed by atoms with Gasteiger partial charge < -0.3 is 53.6 Å². The third kappa shape index (κ3) is 13.3. The second kappa shape index (κ2) is 24.3. The van der Waals surface area contributed by atoms with Gasteiger partial charge in [0.15, 0.2) is 28.1 Å². The van der Waals surface area contributed by atoms with Crippen LogP contribution < -0.4 is 34.7 Å². The first-order chi connectivity index (χ1) is 37.2. The number of anilines is 1. The van der Waals surface area contributed by atoms with E-state index >= 15 is 0 Å². The SMILES string of the molecule is COc1ccc(COC(=O)C2=C(/C=C/c3cc(-c4cc(Cl)c(OCc5ccc(OC)cc5)c(OCc5ccc(OC)cc5)c4Cl)no3)CS[C@@H]3[C@H](NC(=O)/C(=N\OC(C)(C)C(=O)OC(C)(C)C)c4csc(N)n4)C(=O)N23)cc1. The van der Waals surface area contributed by atoms with Crippen molar-refractivity contribution in [3.63, 3.8) is 0 Å². The number of thioether (sulfide) groups is 1. The summed E-state index contributed by atoms with van der Waals surface area (Å²) in [5.74, 6) is -0.232. The van der Waals surface area contributed by atoms with Gasteiger partial charge in [-0.05, 0) is 105 Å². The Morgan fingerprint density at radius 3 is 1.96 bits per heavy atom. The first-order valence-corrected chi connectivity index (χ1v) is 26.6. The Balaban J connectivity index is 1.06. The molecule has 2 amide bonds. The van der Waals surface area contributed by atoms with Gasteiger partial charge in [0.2, 0.25) is 5.60 Å². The Morgan fingerprint density at radius 2 is 1.41 bits per heavy atom. The zero-order valence-corrected chi connectivity index (χ0v) is 46.7. The number of esters is 2. The van der Waals surface area contributed by atoms with Gasteiger partial charge in [0.1, 0.15) is 71.2 Å². The number of methoxy groups -OCH3 is 3. The molecule has 0 unspecified atom stereocenters. The molecular weight excluding hydrogens is 1090 g/mol. The van der Waals surface area contributed by atoms with Crippen molar-refractivity contribution in [1.29, 1.82) is 0 Å². The predicted octanol–water partition coefficient (Wildman–Crippen LogP) is 9.82. The molecule has 2 aromatic heterocycles. The maximum Gasteiger partial charge on any atom is 0.355 e. The van der Waals surface area contributed by atoms with Gasteiger partial charge in [-0.25, -0.2) is 14.6 Å². The van der Waals surface area contributed by atoms with E-state index in [1.54, 1.807) is 90.7 Å². The largest absolute Gasteiger partial charge is 0.497 e. The van der Waals surface area contributed by atoms with Gasteiger partial charge >= 0.3 is 11.9 Å². The molecule has 4 heterocycles. The van der Waals surface area contributed by atoms with Crippen molar-refractivity contribution in [1.82, 2.24) is 20.4 Å². The number of rotatable bonds is 21. The molecular formula is C55H54Cl2N6O13S2. The van der Waals surface area contributed by atoms with E-state index in [1.807, 2.05) is 48.5 Å². The number of halogens is 2. The van der Waals surface area contributed by atoms with E-state index in [0.717, 1.165) is 22.5 Å². The smallest absolute Gasteiger partial charge is 0.355 e. The number of nitrogens with one attached hydrogen (secondary N) is 1. The van der Waals surface area contributed by atoms with Crippen molar-refractivity contribution in [3.05, 3.63) is 146 Å². The van der Waals surface area contributed by atoms with Gasteiger partial charge in [-0.2, -0.15) is 0 Å². The van der Waals surface area contributed by atoms with Gasteiger partial charge in [-0.3, -0.25) is 14.5 Å². The number of ether oxygens (including phenoxy) is 7. The molecule has 23 heteroatoms. The molecule has 0 radical (unpaired) electrons. The molecule has 2 aliphatic heterocycles. The number of nitrogens with zero attached hydrogens (tertiary/aromatic N) is 4. The number of nitrogen functional groups attached to an aromatic ring is 1. The topological polar surface area (TPSA) is 235 Å². The summed E-state index contributed by atoms with van der Waals surface area (Å²) < 4.78 is 45.5. The molecule has 6 aromatic rings. The van der Waals surface area contributed by atoms with E-state index < -0.39 is 46.4 Å². The lowest BCUT2D eigenvalue weighted by molar-refractivity contribution is -0.179. The van der Waals surface area contributed by atoms with Gasteiger partial charge in [-0.1, -0.05) is 76.0 Å². The fourth-order valence-electron chi connectivity index (χ4n) is 7.58. The summed E-state index contributed by atoms with van der Waals surface area (Å²) >= 11 is 16.4. The Labute approximate surface area is 467 Å². The number of carbonyl (C=O) groups is 4. The van der Waals surface area contributed by atoms with Crippen molar-refractivity contribution >= 4 is 87.0 Å². The zero-order valence-electron chi connectivity index (χ0n) is 43.5. The zero-order chi connectivity index (χ0) is 55.9. The molecule has 78 heavy (non-hydrogen) atoms. The minimum absolute atomic E-state index is 0.0382. The molecule has 19 nitrogen and oxygen atoms in total. The lowest BCUT2D eigenvalue weighted by Gasteiger charge is -2.49. The molecule has 0 saturated carbocycles. The van der Waals surface area contributed by atoms with Crippen LogP contribution in [-0.2, 0) is 53.3 Å². The fourth-order valence-corrected chi connectivity index (χ4v) is 9.98. The normalized spacial score (nSPS) is 15.5. The van der Waals surface area contributed by atoms with Crippen LogP contribution in [0.25, 0.3) is 17.3 Å². The summed E-state index contributed by atoms with van der Waals surface area (Å²) in [5.41, 5.74) is 6.46. The molecule has 1 saturated heterocycles. The molecule has 0 spiro atoms. The van der Waals surface area contributed by atoms with Crippen LogP contribution in [-0.4, -0.2) is 94.2 Å². The van der Waals surface area contributed by atoms with E-state index in [-0.39, 0.29) is 75.1 Å². The Kier molecular flexibility index (Phi) is 17.6. The average molecular weight is 1140 g/mol. The van der Waals surface area contributed by atoms with E-state index in [9.17, 15) is 19.2 Å². The van der Waals surface area contributed by atoms with Crippen molar-refractivity contribution in [3.8, 4) is 40.0 Å². The quantitative estimate of drug-likeness (QED) is 0.0295. The number of hydrogen-bond acceptors (Lipinski definition) is 19. The highest BCUT2D eigenvalue weighted by atomic mass is 35.5. The third-order valence-corrected chi connectivity index (χ3v) is 14.3. The van der Waals surface area contributed by atoms with Gasteiger partial charge in [-0.15, -0.1) is 23.1 Å². The number of carbonyl (C=O) groups excluding carboxylic acids is 4. The highest BCUT2D eigenvalue weighted by molar-refractivity contribution is 8.00. The summed E-state index contributed by atoms with van der Waals surface area (Å²) in [7, 11) is 4.71. The van der Waals surface area contributed by atoms with Crippen molar-refractivity contribution in [2.24, 2.45) is 5.16 Å². The van der Waals surface area contributed by atoms with E-state index in [0.29, 0.717) is 39.6 Å². The Morgan fingerprint density at radius 1 is 0.833 bits per heavy atom. The molecule has 0 aliphatic carbocycles. The number of hydrogen-bond donors (Lipinski definition) is 2. The molecule has 3 N–H and O–H groups in total. The number of β-lactam (4-membered cyclic amide) rings is 1. The van der Waals surface area contributed by atoms with Gasteiger partial charge in [0, 0.05) is 22.8 Å². The van der Waals surface area contributed by atoms with E-state index in [4.69, 9.17) is 71.5 Å². The van der Waals surface area contributed by atoms with Crippen LogP contribution in [0.2, 0.25) is 10.0 Å². The summed E-state index contributed by atoms with van der Waals surface area (Å²) in [6.45, 7) is 8.06. The maximum atomic E-state index is 14.2. The van der Waals surface area contributed by atoms with Crippen molar-refractivity contribution in [2.75, 3.05) is 32.8 Å². The highest BCUT2D eigenvalue weighted by Crippen LogP contribution is 2.48. The number of aromatic nitrogens is 2. The molecule has 408 valence electrons. The van der Waals surface area contributed by atoms with Crippen LogP contribution in [0.5, 0.6) is 28.7 Å². The second-order valence-electron chi connectivity index (χ2n) is 18.9. The second-order valence-corrected chi connectivity index (χ2v) is 21.7. The summed E-state index contributed by atoms with van der Waals surface area (Å²) in [6.07, 6.45) is 3.20. The Bertz CT molecular complexity index is 3280. The van der Waals surface area contributed by atoms with Crippen LogP contribution in [0.4, 0.5) is 5.13 Å². The third-order valence-electron chi connectivity index (χ3n) is 11.7. The number of fused-ring (bicyclic) bond motifs is 1. The number of nitrogens with two attached hydrogens (primary N) is 1. The fraction of sp³-hybridized carbons (Fsp3) is 0.291. The lowest BCUT2D eigenvalue weighted by Crippen LogP contribution is -2.71. The summed E-state index contributed by atoms with van der Waals surface area (Å²) in [6, 6.07) is 23.7. The summed E-state index contributed by atoms with van der Waals surface area (Å²) in [5, 5.41) is 12.2. The van der Waals surface area contributed by atoms with Crippen LogP contribution in [0.1, 0.15) is 62.8 Å². The van der Waals surface area contributed by atoms with E-state index in [1.165, 1.54) is 35.9 Å². The molecule has 4 aromatic carbocycles. The number of allylic oxidation sites excluding steroid dienone is 1. The molecule has 2 aliphatic rings. The molecule has 8 rings (SSSR count). The van der Waals surface area contributed by atoms with Crippen LogP contribution in [0.3, 0.4) is 0 Å². The molecule has 1 fully saturated rings. The average Bonchev–Trinajstić information content (AvgIpc) is 4.22. The maximum absolute atomic E-state index is 14.2. The number of amides is 2. The number of oxime groups is 1. The lowest BCUT2D eigenvalue weighted by atomic mass is 10.0. The van der Waals surface area contributed by atoms with Crippen molar-refractivity contribution < 1.29 is 61.7 Å². The van der Waals surface area contributed by atoms with Crippen molar-refractivity contribution in [2.45, 2.75) is 77.1 Å². The standard InChI is InChI=1S/C55H54Cl2N6O13S2/c1-54(2,3)74-52(67)55(4,5)76-62-43(41-29-78-53(58)59-41)48(64)60-44-49(65)63-45(51(66)73-27-32-13-20-36(70-8)21-14-32)33(28-77-50(44)63)15-22-37-23-40(61-75-37)38-24-39(56)46(71-25-30-9-16-34(68-6)17-10-30)47(42(38)57)72-26-31-11-18-35(69-7)19-12-31/h9-24,29,44,50H,25-28H2,1-8H3,(H2,58,59)(H,60,64)/b22-15+,62-43-/t44-,50-/m1/s1. The monoisotopic (exact) mass is 1140 g/mol. The highest BCUT2D eigenvalue weighted by Gasteiger charge is 2.54. The first-order valence-electron chi connectivity index (χ1n) is 23.9. The van der Waals surface area contributed by atoms with Gasteiger partial charge in [0.25, 0.3) is 11.8 Å². The summed E-state index contributed by atoms with van der Waals surface area (Å²) in [4.78, 5) is 66.6. The van der Waals surface area contributed by atoms with E-state index in [2.05, 4.69) is 20.6 Å². The minimum atomic E-state index is -1.63. The first kappa shape index (κ1) is 56.5. The predicted molar refractivity (Wildman–Crippen MR) is 295 cm³/mol. The minimum Gasteiger partial charge on any atom is -0.497 e. The van der Waals surface area contributed by atoms with Crippen LogP contribution in [0.15, 0.2) is 117 Å².